The van der Waals surface area contributed by atoms with Gasteiger partial charge in [0.05, 0.1) is 7.11 Å². The van der Waals surface area contributed by atoms with Crippen LogP contribution in [0.2, 0.25) is 0 Å². The predicted octanol–water partition coefficient (Wildman–Crippen LogP) is 3.18. The van der Waals surface area contributed by atoms with Gasteiger partial charge in [-0.2, -0.15) is 0 Å². The van der Waals surface area contributed by atoms with Crippen LogP contribution >= 0.6 is 0 Å². The van der Waals surface area contributed by atoms with Crippen LogP contribution in [0.3, 0.4) is 0 Å². The van der Waals surface area contributed by atoms with E-state index < -0.39 is 0 Å². The van der Waals surface area contributed by atoms with E-state index in [1.54, 1.807) is 7.11 Å². The predicted molar refractivity (Wildman–Crippen MR) is 73.6 cm³/mol. The zero-order valence-corrected chi connectivity index (χ0v) is 10.9. The van der Waals surface area contributed by atoms with E-state index in [0.29, 0.717) is 0 Å². The molecule has 0 unspecified atom stereocenters. The minimum Gasteiger partial charge on any atom is -0.497 e. The van der Waals surface area contributed by atoms with Crippen LogP contribution in [0.5, 0.6) is 5.75 Å². The Balaban J connectivity index is 2.17. The van der Waals surface area contributed by atoms with Gasteiger partial charge in [-0.1, -0.05) is 31.2 Å². The summed E-state index contributed by atoms with van der Waals surface area (Å²) in [5, 5.41) is 3.30. The van der Waals surface area contributed by atoms with Gasteiger partial charge >= 0.3 is 0 Å². The molecule has 0 amide bonds. The van der Waals surface area contributed by atoms with Crippen molar-refractivity contribution in [3.63, 3.8) is 0 Å². The third kappa shape index (κ3) is 6.12. The molecule has 0 atom stereocenters. The number of benzene rings is 1. The maximum absolute atomic E-state index is 5.13. The molecule has 0 aliphatic rings. The fourth-order valence-corrected chi connectivity index (χ4v) is 1.64. The van der Waals surface area contributed by atoms with E-state index >= 15 is 0 Å². The van der Waals surface area contributed by atoms with Crippen LogP contribution in [0.15, 0.2) is 36.4 Å². The molecule has 94 valence electrons. The zero-order chi connectivity index (χ0) is 12.3. The van der Waals surface area contributed by atoms with Crippen LogP contribution in [0.4, 0.5) is 0 Å². The number of aryl methyl sites for hydroxylation is 1. The lowest BCUT2D eigenvalue weighted by molar-refractivity contribution is 0.414. The molecular formula is C15H23NO. The van der Waals surface area contributed by atoms with Crippen molar-refractivity contribution >= 4 is 0 Å². The van der Waals surface area contributed by atoms with E-state index in [4.69, 9.17) is 4.74 Å². The average Bonchev–Trinajstić information content (AvgIpc) is 2.38. The molecule has 1 N–H and O–H groups in total. The molecular weight excluding hydrogens is 210 g/mol. The van der Waals surface area contributed by atoms with E-state index in [2.05, 4.69) is 36.5 Å². The minimum absolute atomic E-state index is 0.926. The van der Waals surface area contributed by atoms with Gasteiger partial charge in [-0.25, -0.2) is 0 Å². The first-order valence-corrected chi connectivity index (χ1v) is 6.35. The molecule has 0 heterocycles. The topological polar surface area (TPSA) is 21.3 Å². The lowest BCUT2D eigenvalue weighted by atomic mass is 10.1. The molecule has 1 aromatic rings. The maximum atomic E-state index is 5.13. The van der Waals surface area contributed by atoms with Crippen LogP contribution in [-0.2, 0) is 6.42 Å². The Hall–Kier alpha value is -1.28. The Morgan fingerprint density at radius 2 is 1.82 bits per heavy atom. The van der Waals surface area contributed by atoms with E-state index in [-0.39, 0.29) is 0 Å². The van der Waals surface area contributed by atoms with Crippen molar-refractivity contribution in [1.29, 1.82) is 0 Å². The number of hydrogen-bond donors (Lipinski definition) is 1. The first kappa shape index (κ1) is 13.8. The highest BCUT2D eigenvalue weighted by Gasteiger charge is 1.92. The lowest BCUT2D eigenvalue weighted by Gasteiger charge is -2.01. The Morgan fingerprint density at radius 1 is 1.12 bits per heavy atom. The quantitative estimate of drug-likeness (QED) is 0.550. The Bertz CT molecular complexity index is 316. The fourth-order valence-electron chi connectivity index (χ4n) is 1.64. The van der Waals surface area contributed by atoms with Crippen molar-refractivity contribution in [2.24, 2.45) is 0 Å². The summed E-state index contributed by atoms with van der Waals surface area (Å²) in [6.07, 6.45) is 7.85. The Labute approximate surface area is 105 Å². The van der Waals surface area contributed by atoms with Gasteiger partial charge in [-0.05, 0) is 50.0 Å². The van der Waals surface area contributed by atoms with Gasteiger partial charge in [0, 0.05) is 0 Å². The number of rotatable bonds is 8. The van der Waals surface area contributed by atoms with Gasteiger partial charge in [-0.15, -0.1) is 0 Å². The molecule has 0 aliphatic carbocycles. The Kier molecular flexibility index (Phi) is 7.15. The number of allylic oxidation sites excluding steroid dienone is 1. The molecule has 0 saturated heterocycles. The molecule has 2 heteroatoms. The van der Waals surface area contributed by atoms with Crippen molar-refractivity contribution in [2.45, 2.75) is 26.2 Å². The van der Waals surface area contributed by atoms with Crippen LogP contribution in [0.25, 0.3) is 0 Å². The van der Waals surface area contributed by atoms with Crippen LogP contribution in [0.1, 0.15) is 25.3 Å². The van der Waals surface area contributed by atoms with E-state index in [1.807, 2.05) is 12.1 Å². The summed E-state index contributed by atoms with van der Waals surface area (Å²) in [7, 11) is 1.70. The Morgan fingerprint density at radius 3 is 2.47 bits per heavy atom. The summed E-state index contributed by atoms with van der Waals surface area (Å²) in [6.45, 7) is 4.27. The second-order valence-corrected chi connectivity index (χ2v) is 4.00. The molecule has 0 bridgehead atoms. The first-order chi connectivity index (χ1) is 8.36. The fraction of sp³-hybridized carbons (Fsp3) is 0.467. The molecule has 0 saturated carbocycles. The molecule has 0 aliphatic heterocycles. The minimum atomic E-state index is 0.926. The van der Waals surface area contributed by atoms with Gasteiger partial charge in [0.15, 0.2) is 0 Å². The smallest absolute Gasteiger partial charge is 0.118 e. The molecule has 0 radical (unpaired) electrons. The van der Waals surface area contributed by atoms with Gasteiger partial charge in [0.25, 0.3) is 0 Å². The standard InChI is InChI=1S/C15H23NO/c1-3-16-13-7-5-4-6-8-14-9-11-15(17-2)12-10-14/h4-5,9-12,16H,3,6-8,13H2,1-2H3. The molecule has 2 nitrogen and oxygen atoms in total. The normalized spacial score (nSPS) is 10.9. The first-order valence-electron chi connectivity index (χ1n) is 6.35. The summed E-state index contributed by atoms with van der Waals surface area (Å²) in [5.41, 5.74) is 1.36. The van der Waals surface area contributed by atoms with Crippen LogP contribution < -0.4 is 10.1 Å². The molecule has 1 rings (SSSR count). The summed E-state index contributed by atoms with van der Waals surface area (Å²) >= 11 is 0. The summed E-state index contributed by atoms with van der Waals surface area (Å²) in [4.78, 5) is 0. The molecule has 1 aromatic carbocycles. The average molecular weight is 233 g/mol. The zero-order valence-electron chi connectivity index (χ0n) is 10.9. The van der Waals surface area contributed by atoms with Crippen molar-refractivity contribution in [2.75, 3.05) is 20.2 Å². The van der Waals surface area contributed by atoms with Gasteiger partial charge in [0.2, 0.25) is 0 Å². The molecule has 0 spiro atoms. The molecule has 17 heavy (non-hydrogen) atoms. The summed E-state index contributed by atoms with van der Waals surface area (Å²) in [5.74, 6) is 0.926. The summed E-state index contributed by atoms with van der Waals surface area (Å²) < 4.78 is 5.13. The van der Waals surface area contributed by atoms with Crippen molar-refractivity contribution < 1.29 is 4.74 Å². The van der Waals surface area contributed by atoms with Gasteiger partial charge in [0.1, 0.15) is 5.75 Å². The van der Waals surface area contributed by atoms with Gasteiger partial charge in [-0.3, -0.25) is 0 Å². The number of hydrogen-bond acceptors (Lipinski definition) is 2. The lowest BCUT2D eigenvalue weighted by Crippen LogP contribution is -2.12. The van der Waals surface area contributed by atoms with Crippen LogP contribution in [0, 0.1) is 0 Å². The van der Waals surface area contributed by atoms with Crippen molar-refractivity contribution in [3.8, 4) is 5.75 Å². The monoisotopic (exact) mass is 233 g/mol. The van der Waals surface area contributed by atoms with E-state index in [9.17, 15) is 0 Å². The molecule has 0 aromatic heterocycles. The highest BCUT2D eigenvalue weighted by Crippen LogP contribution is 2.12. The van der Waals surface area contributed by atoms with Crippen molar-refractivity contribution in [1.82, 2.24) is 5.32 Å². The number of ether oxygens (including phenoxy) is 1. The second kappa shape index (κ2) is 8.82. The second-order valence-electron chi connectivity index (χ2n) is 4.00. The number of nitrogens with one attached hydrogen (secondary N) is 1. The molecule has 0 fully saturated rings. The highest BCUT2D eigenvalue weighted by molar-refractivity contribution is 5.27. The van der Waals surface area contributed by atoms with Crippen molar-refractivity contribution in [3.05, 3.63) is 42.0 Å². The van der Waals surface area contributed by atoms with Crippen LogP contribution in [-0.4, -0.2) is 20.2 Å². The third-order valence-corrected chi connectivity index (χ3v) is 2.66. The van der Waals surface area contributed by atoms with E-state index in [0.717, 1.165) is 38.1 Å². The third-order valence-electron chi connectivity index (χ3n) is 2.66. The number of methoxy groups -OCH3 is 1. The highest BCUT2D eigenvalue weighted by atomic mass is 16.5. The maximum Gasteiger partial charge on any atom is 0.118 e. The summed E-state index contributed by atoms with van der Waals surface area (Å²) in [6, 6.07) is 8.30. The van der Waals surface area contributed by atoms with Gasteiger partial charge < -0.3 is 10.1 Å². The largest absolute Gasteiger partial charge is 0.497 e. The van der Waals surface area contributed by atoms with E-state index in [1.165, 1.54) is 5.56 Å². The SMILES string of the molecule is CCNCCC=CCCc1ccc(OC)cc1.